The Kier molecular flexibility index (Phi) is 3.76. The van der Waals surface area contributed by atoms with Gasteiger partial charge in [-0.15, -0.1) is 0 Å². The first-order valence-electron chi connectivity index (χ1n) is 5.51. The summed E-state index contributed by atoms with van der Waals surface area (Å²) >= 11 is 3.38. The van der Waals surface area contributed by atoms with E-state index in [9.17, 15) is 4.79 Å². The fraction of sp³-hybridized carbons (Fsp3) is 0.250. The van der Waals surface area contributed by atoms with Crippen molar-refractivity contribution in [3.8, 4) is 0 Å². The van der Waals surface area contributed by atoms with Crippen molar-refractivity contribution in [3.05, 3.63) is 29.0 Å². The van der Waals surface area contributed by atoms with E-state index in [0.717, 1.165) is 15.4 Å². The Morgan fingerprint density at radius 3 is 2.94 bits per heavy atom. The van der Waals surface area contributed by atoms with Gasteiger partial charge in [-0.3, -0.25) is 0 Å². The molecule has 2 N–H and O–H groups in total. The van der Waals surface area contributed by atoms with Crippen LogP contribution >= 0.6 is 15.9 Å². The molecule has 5 nitrogen and oxygen atoms in total. The van der Waals surface area contributed by atoms with Crippen LogP contribution in [0.3, 0.4) is 0 Å². The van der Waals surface area contributed by atoms with Gasteiger partial charge in [-0.25, -0.2) is 14.8 Å². The van der Waals surface area contributed by atoms with Crippen LogP contribution < -0.4 is 5.32 Å². The van der Waals surface area contributed by atoms with E-state index in [4.69, 9.17) is 5.11 Å². The van der Waals surface area contributed by atoms with Crippen molar-refractivity contribution in [1.29, 1.82) is 0 Å². The Balaban J connectivity index is 2.44. The van der Waals surface area contributed by atoms with E-state index in [2.05, 4.69) is 31.2 Å². The van der Waals surface area contributed by atoms with Gasteiger partial charge in [0.1, 0.15) is 18.2 Å². The summed E-state index contributed by atoms with van der Waals surface area (Å²) < 4.78 is 0.899. The summed E-state index contributed by atoms with van der Waals surface area (Å²) in [4.78, 5) is 19.3. The highest BCUT2D eigenvalue weighted by molar-refractivity contribution is 9.10. The summed E-state index contributed by atoms with van der Waals surface area (Å²) in [6.07, 6.45) is 1.90. The molecule has 0 aliphatic heterocycles. The minimum atomic E-state index is -0.890. The molecule has 1 atom stereocenters. The highest BCUT2D eigenvalue weighted by Gasteiger charge is 2.16. The van der Waals surface area contributed by atoms with Crippen LogP contribution in [0.15, 0.2) is 29.0 Å². The number of rotatable bonds is 4. The van der Waals surface area contributed by atoms with Crippen molar-refractivity contribution in [2.24, 2.45) is 0 Å². The summed E-state index contributed by atoms with van der Waals surface area (Å²) in [7, 11) is 0. The minimum absolute atomic E-state index is 0.481. The number of fused-ring (bicyclic) bond motifs is 1. The van der Waals surface area contributed by atoms with Gasteiger partial charge in [-0.2, -0.15) is 0 Å². The molecule has 2 aromatic rings. The highest BCUT2D eigenvalue weighted by Crippen LogP contribution is 2.24. The van der Waals surface area contributed by atoms with Crippen LogP contribution in [-0.2, 0) is 4.79 Å². The number of nitrogens with zero attached hydrogens (tertiary/aromatic N) is 2. The number of carbonyl (C=O) groups is 1. The van der Waals surface area contributed by atoms with Crippen LogP contribution in [0.2, 0.25) is 0 Å². The molecular weight excluding hydrogens is 298 g/mol. The number of carboxylic acid groups (broad SMARTS) is 1. The number of anilines is 1. The summed E-state index contributed by atoms with van der Waals surface area (Å²) in [5, 5.41) is 12.8. The molecule has 94 valence electrons. The van der Waals surface area contributed by atoms with Gasteiger partial charge in [0, 0.05) is 9.86 Å². The third kappa shape index (κ3) is 2.59. The monoisotopic (exact) mass is 309 g/mol. The van der Waals surface area contributed by atoms with Crippen molar-refractivity contribution in [2.45, 2.75) is 19.4 Å². The number of benzene rings is 1. The summed E-state index contributed by atoms with van der Waals surface area (Å²) in [6.45, 7) is 1.81. The molecule has 0 radical (unpaired) electrons. The fourth-order valence-corrected chi connectivity index (χ4v) is 2.01. The van der Waals surface area contributed by atoms with Crippen molar-refractivity contribution < 1.29 is 9.90 Å². The van der Waals surface area contributed by atoms with Gasteiger partial charge in [0.15, 0.2) is 0 Å². The Labute approximate surface area is 112 Å². The third-order valence-electron chi connectivity index (χ3n) is 2.61. The Morgan fingerprint density at radius 1 is 1.50 bits per heavy atom. The van der Waals surface area contributed by atoms with E-state index in [0.29, 0.717) is 12.2 Å². The van der Waals surface area contributed by atoms with Crippen molar-refractivity contribution in [1.82, 2.24) is 9.97 Å². The largest absolute Gasteiger partial charge is 0.480 e. The average Bonchev–Trinajstić information content (AvgIpc) is 2.35. The van der Waals surface area contributed by atoms with E-state index in [1.165, 1.54) is 6.33 Å². The Bertz CT molecular complexity index is 589. The van der Waals surface area contributed by atoms with Crippen LogP contribution in [-0.4, -0.2) is 27.1 Å². The van der Waals surface area contributed by atoms with Gasteiger partial charge in [0.05, 0.1) is 5.52 Å². The van der Waals surface area contributed by atoms with Gasteiger partial charge < -0.3 is 10.4 Å². The van der Waals surface area contributed by atoms with Crippen molar-refractivity contribution in [3.63, 3.8) is 0 Å². The zero-order valence-electron chi connectivity index (χ0n) is 9.72. The molecule has 2 rings (SSSR count). The van der Waals surface area contributed by atoms with Crippen LogP contribution in [0.4, 0.5) is 5.82 Å². The molecule has 0 bridgehead atoms. The standard InChI is InChI=1S/C12H12BrN3O2/c1-2-9(12(17)18)16-11-8-5-7(13)3-4-10(8)14-6-15-11/h3-6,9H,2H2,1H3,(H,17,18)(H,14,15,16)/t9-/m0/s1. The molecule has 0 unspecified atom stereocenters. The topological polar surface area (TPSA) is 75.1 Å². The maximum atomic E-state index is 11.0. The smallest absolute Gasteiger partial charge is 0.326 e. The van der Waals surface area contributed by atoms with Gasteiger partial charge in [-0.05, 0) is 24.6 Å². The second kappa shape index (κ2) is 5.30. The average molecular weight is 310 g/mol. The number of carboxylic acids is 1. The maximum Gasteiger partial charge on any atom is 0.326 e. The molecular formula is C12H12BrN3O2. The molecule has 0 saturated carbocycles. The molecule has 0 saturated heterocycles. The first-order chi connectivity index (χ1) is 8.61. The quantitative estimate of drug-likeness (QED) is 0.908. The number of halogens is 1. The molecule has 1 heterocycles. The lowest BCUT2D eigenvalue weighted by atomic mass is 10.2. The van der Waals surface area contributed by atoms with Gasteiger partial charge in [0.25, 0.3) is 0 Å². The molecule has 1 aromatic heterocycles. The predicted molar refractivity (Wildman–Crippen MR) is 72.6 cm³/mol. The molecule has 0 aliphatic rings. The predicted octanol–water partition coefficient (Wildman–Crippen LogP) is 2.67. The van der Waals surface area contributed by atoms with Crippen LogP contribution in [0, 0.1) is 0 Å². The van der Waals surface area contributed by atoms with Crippen LogP contribution in [0.1, 0.15) is 13.3 Å². The molecule has 0 fully saturated rings. The number of aromatic nitrogens is 2. The zero-order valence-corrected chi connectivity index (χ0v) is 11.3. The normalized spacial score (nSPS) is 12.3. The number of hydrogen-bond donors (Lipinski definition) is 2. The lowest BCUT2D eigenvalue weighted by Gasteiger charge is -2.14. The summed E-state index contributed by atoms with van der Waals surface area (Å²) in [6, 6.07) is 4.95. The first kappa shape index (κ1) is 12.8. The summed E-state index contributed by atoms with van der Waals surface area (Å²) in [5.74, 6) is -0.352. The third-order valence-corrected chi connectivity index (χ3v) is 3.11. The minimum Gasteiger partial charge on any atom is -0.480 e. The van der Waals surface area contributed by atoms with E-state index in [1.54, 1.807) is 0 Å². The van der Waals surface area contributed by atoms with Crippen LogP contribution in [0.25, 0.3) is 10.9 Å². The number of nitrogens with one attached hydrogen (secondary N) is 1. The van der Waals surface area contributed by atoms with E-state index in [-0.39, 0.29) is 0 Å². The number of aliphatic carboxylic acids is 1. The lowest BCUT2D eigenvalue weighted by molar-refractivity contribution is -0.137. The van der Waals surface area contributed by atoms with Crippen LogP contribution in [0.5, 0.6) is 0 Å². The summed E-state index contributed by atoms with van der Waals surface area (Å²) in [5.41, 5.74) is 0.774. The molecule has 6 heteroatoms. The molecule has 0 amide bonds. The van der Waals surface area contributed by atoms with Crippen molar-refractivity contribution >= 4 is 38.6 Å². The zero-order chi connectivity index (χ0) is 13.1. The second-order valence-corrected chi connectivity index (χ2v) is 4.74. The van der Waals surface area contributed by atoms with Gasteiger partial charge >= 0.3 is 5.97 Å². The first-order valence-corrected chi connectivity index (χ1v) is 6.30. The molecule has 0 spiro atoms. The molecule has 18 heavy (non-hydrogen) atoms. The van der Waals surface area contributed by atoms with Gasteiger partial charge in [-0.1, -0.05) is 22.9 Å². The number of hydrogen-bond acceptors (Lipinski definition) is 4. The Hall–Kier alpha value is -1.69. The maximum absolute atomic E-state index is 11.0. The van der Waals surface area contributed by atoms with Crippen molar-refractivity contribution in [2.75, 3.05) is 5.32 Å². The molecule has 0 aliphatic carbocycles. The lowest BCUT2D eigenvalue weighted by Crippen LogP contribution is -2.28. The van der Waals surface area contributed by atoms with E-state index >= 15 is 0 Å². The second-order valence-electron chi connectivity index (χ2n) is 3.83. The van der Waals surface area contributed by atoms with E-state index < -0.39 is 12.0 Å². The SMILES string of the molecule is CC[C@H](Nc1ncnc2ccc(Br)cc12)C(=O)O. The Morgan fingerprint density at radius 2 is 2.28 bits per heavy atom. The van der Waals surface area contributed by atoms with E-state index in [1.807, 2.05) is 25.1 Å². The molecule has 1 aromatic carbocycles. The highest BCUT2D eigenvalue weighted by atomic mass is 79.9. The fourth-order valence-electron chi connectivity index (χ4n) is 1.65. The van der Waals surface area contributed by atoms with Gasteiger partial charge in [0.2, 0.25) is 0 Å².